The number of halogens is 3. The van der Waals surface area contributed by atoms with E-state index in [4.69, 9.17) is 23.2 Å². The molecule has 0 aliphatic carbocycles. The van der Waals surface area contributed by atoms with E-state index in [1.54, 1.807) is 37.4 Å². The first-order valence-corrected chi connectivity index (χ1v) is 7.99. The number of fused-ring (bicyclic) bond motifs is 1. The van der Waals surface area contributed by atoms with Crippen LogP contribution in [-0.2, 0) is 13.1 Å². The highest BCUT2D eigenvalue weighted by atomic mass is 35.5. The third-order valence-corrected chi connectivity index (χ3v) is 4.22. The maximum Gasteiger partial charge on any atom is 0.258 e. The van der Waals surface area contributed by atoms with Gasteiger partial charge in [0.1, 0.15) is 11.6 Å². The molecule has 1 heterocycles. The van der Waals surface area contributed by atoms with Gasteiger partial charge in [-0.25, -0.2) is 9.37 Å². The minimum atomic E-state index is -0.357. The van der Waals surface area contributed by atoms with Crippen LogP contribution in [0, 0.1) is 5.82 Å². The number of hydrogen-bond donors (Lipinski definition) is 1. The summed E-state index contributed by atoms with van der Waals surface area (Å²) in [5.41, 5.74) is 0.724. The van der Waals surface area contributed by atoms with Crippen LogP contribution < -0.4 is 5.56 Å². The van der Waals surface area contributed by atoms with E-state index in [9.17, 15) is 9.18 Å². The lowest BCUT2D eigenvalue weighted by atomic mass is 10.2. The van der Waals surface area contributed by atoms with Crippen molar-refractivity contribution in [2.24, 2.45) is 0 Å². The number of benzene rings is 2. The Balaban J connectivity index is 1.84. The van der Waals surface area contributed by atoms with Crippen molar-refractivity contribution in [2.75, 3.05) is 7.05 Å². The van der Waals surface area contributed by atoms with Crippen LogP contribution in [0.1, 0.15) is 11.4 Å². The van der Waals surface area contributed by atoms with Crippen LogP contribution in [0.5, 0.6) is 0 Å². The molecule has 24 heavy (non-hydrogen) atoms. The number of aromatic amines is 1. The van der Waals surface area contributed by atoms with E-state index in [2.05, 4.69) is 9.97 Å². The highest BCUT2D eigenvalue weighted by Crippen LogP contribution is 2.21. The lowest BCUT2D eigenvalue weighted by molar-refractivity contribution is 0.305. The summed E-state index contributed by atoms with van der Waals surface area (Å²) in [4.78, 5) is 21.1. The summed E-state index contributed by atoms with van der Waals surface area (Å²) in [6.07, 6.45) is 0. The maximum atomic E-state index is 13.9. The molecule has 2 aromatic carbocycles. The molecule has 7 heteroatoms. The van der Waals surface area contributed by atoms with E-state index in [-0.39, 0.29) is 11.4 Å². The smallest absolute Gasteiger partial charge is 0.258 e. The monoisotopic (exact) mass is 365 g/mol. The molecule has 3 rings (SSSR count). The van der Waals surface area contributed by atoms with Gasteiger partial charge in [0, 0.05) is 22.2 Å². The summed E-state index contributed by atoms with van der Waals surface area (Å²) >= 11 is 11.9. The molecule has 0 aliphatic heterocycles. The van der Waals surface area contributed by atoms with Crippen LogP contribution in [0.3, 0.4) is 0 Å². The molecule has 0 amide bonds. The second kappa shape index (κ2) is 6.89. The quantitative estimate of drug-likeness (QED) is 0.759. The van der Waals surface area contributed by atoms with E-state index >= 15 is 0 Å². The Morgan fingerprint density at radius 1 is 1.21 bits per heavy atom. The largest absolute Gasteiger partial charge is 0.309 e. The number of aromatic nitrogens is 2. The number of H-pyrrole nitrogens is 1. The summed E-state index contributed by atoms with van der Waals surface area (Å²) in [6.45, 7) is 0.645. The number of rotatable bonds is 4. The van der Waals surface area contributed by atoms with E-state index in [1.807, 2.05) is 4.90 Å². The molecule has 0 radical (unpaired) electrons. The first-order valence-electron chi connectivity index (χ1n) is 7.24. The van der Waals surface area contributed by atoms with Gasteiger partial charge in [-0.05, 0) is 37.4 Å². The number of nitrogens with zero attached hydrogens (tertiary/aromatic N) is 2. The summed E-state index contributed by atoms with van der Waals surface area (Å²) in [6, 6.07) is 9.54. The molecule has 0 aliphatic rings. The minimum Gasteiger partial charge on any atom is -0.309 e. The molecule has 4 nitrogen and oxygen atoms in total. The SMILES string of the molecule is CN(Cc1nc2ccc(Cl)cc2c(=O)[nH]1)Cc1c(F)cccc1Cl. The molecule has 0 saturated heterocycles. The molecule has 0 fully saturated rings. The molecule has 1 aromatic heterocycles. The van der Waals surface area contributed by atoms with Crippen molar-refractivity contribution in [2.45, 2.75) is 13.1 Å². The van der Waals surface area contributed by atoms with Gasteiger partial charge in [0.15, 0.2) is 0 Å². The normalized spacial score (nSPS) is 11.4. The number of hydrogen-bond acceptors (Lipinski definition) is 3. The first kappa shape index (κ1) is 16.9. The minimum absolute atomic E-state index is 0.255. The third kappa shape index (κ3) is 3.59. The Morgan fingerprint density at radius 2 is 2.00 bits per heavy atom. The fourth-order valence-electron chi connectivity index (χ4n) is 2.50. The average molecular weight is 366 g/mol. The Kier molecular flexibility index (Phi) is 4.85. The average Bonchev–Trinajstić information content (AvgIpc) is 2.52. The van der Waals surface area contributed by atoms with Gasteiger partial charge in [0.05, 0.1) is 17.4 Å². The predicted octanol–water partition coefficient (Wildman–Crippen LogP) is 4.00. The predicted molar refractivity (Wildman–Crippen MR) is 94.0 cm³/mol. The highest BCUT2D eigenvalue weighted by molar-refractivity contribution is 6.31. The van der Waals surface area contributed by atoms with Crippen molar-refractivity contribution < 1.29 is 4.39 Å². The molecular weight excluding hydrogens is 352 g/mol. The van der Waals surface area contributed by atoms with E-state index in [1.165, 1.54) is 6.07 Å². The van der Waals surface area contributed by atoms with Crippen LogP contribution in [-0.4, -0.2) is 21.9 Å². The van der Waals surface area contributed by atoms with Crippen molar-refractivity contribution in [3.05, 3.63) is 74.0 Å². The Labute approximate surface area is 147 Å². The van der Waals surface area contributed by atoms with Gasteiger partial charge in [-0.2, -0.15) is 0 Å². The van der Waals surface area contributed by atoms with Crippen molar-refractivity contribution >= 4 is 34.1 Å². The first-order chi connectivity index (χ1) is 11.4. The highest BCUT2D eigenvalue weighted by Gasteiger charge is 2.12. The third-order valence-electron chi connectivity index (χ3n) is 3.63. The molecular formula is C17H14Cl2FN3O. The van der Waals surface area contributed by atoms with E-state index in [0.717, 1.165) is 0 Å². The summed E-state index contributed by atoms with van der Waals surface area (Å²) in [7, 11) is 1.80. The lowest BCUT2D eigenvalue weighted by Gasteiger charge is -2.17. The fraction of sp³-hybridized carbons (Fsp3) is 0.176. The van der Waals surface area contributed by atoms with E-state index < -0.39 is 0 Å². The second-order valence-corrected chi connectivity index (χ2v) is 6.39. The van der Waals surface area contributed by atoms with Gasteiger partial charge in [-0.3, -0.25) is 9.69 Å². The Bertz CT molecular complexity index is 938. The molecule has 0 saturated carbocycles. The van der Waals surface area contributed by atoms with Crippen LogP contribution in [0.25, 0.3) is 10.9 Å². The van der Waals surface area contributed by atoms with Gasteiger partial charge in [-0.15, -0.1) is 0 Å². The van der Waals surface area contributed by atoms with Gasteiger partial charge < -0.3 is 4.98 Å². The van der Waals surface area contributed by atoms with Crippen molar-refractivity contribution in [3.63, 3.8) is 0 Å². The lowest BCUT2D eigenvalue weighted by Crippen LogP contribution is -2.22. The zero-order valence-electron chi connectivity index (χ0n) is 12.8. The molecule has 0 atom stereocenters. The zero-order chi connectivity index (χ0) is 17.3. The van der Waals surface area contributed by atoms with Crippen molar-refractivity contribution in [1.82, 2.24) is 14.9 Å². The van der Waals surface area contributed by atoms with E-state index in [0.29, 0.717) is 45.4 Å². The topological polar surface area (TPSA) is 49.0 Å². The summed E-state index contributed by atoms with van der Waals surface area (Å²) < 4.78 is 13.9. The zero-order valence-corrected chi connectivity index (χ0v) is 14.3. The van der Waals surface area contributed by atoms with Crippen LogP contribution in [0.15, 0.2) is 41.2 Å². The maximum absolute atomic E-state index is 13.9. The molecule has 0 spiro atoms. The Hall–Kier alpha value is -1.95. The van der Waals surface area contributed by atoms with Crippen molar-refractivity contribution in [3.8, 4) is 0 Å². The van der Waals surface area contributed by atoms with Crippen LogP contribution >= 0.6 is 23.2 Å². The van der Waals surface area contributed by atoms with Gasteiger partial charge in [0.2, 0.25) is 0 Å². The molecule has 0 bridgehead atoms. The van der Waals surface area contributed by atoms with Gasteiger partial charge in [0.25, 0.3) is 5.56 Å². The van der Waals surface area contributed by atoms with Crippen LogP contribution in [0.2, 0.25) is 10.0 Å². The molecule has 0 unspecified atom stereocenters. The molecule has 124 valence electrons. The van der Waals surface area contributed by atoms with Crippen molar-refractivity contribution in [1.29, 1.82) is 0 Å². The van der Waals surface area contributed by atoms with Gasteiger partial charge in [-0.1, -0.05) is 29.3 Å². The second-order valence-electron chi connectivity index (χ2n) is 5.55. The summed E-state index contributed by atoms with van der Waals surface area (Å²) in [5, 5.41) is 1.29. The van der Waals surface area contributed by atoms with Gasteiger partial charge >= 0.3 is 0 Å². The summed E-state index contributed by atoms with van der Waals surface area (Å²) in [5.74, 6) is 0.133. The molecule has 3 aromatic rings. The standard InChI is InChI=1S/C17H14Cl2FN3O/c1-23(8-12-13(19)3-2-4-14(12)20)9-16-21-15-6-5-10(18)7-11(15)17(24)22-16/h2-7H,8-9H2,1H3,(H,21,22,24). The molecule has 1 N–H and O–H groups in total. The van der Waals surface area contributed by atoms with Crippen LogP contribution in [0.4, 0.5) is 4.39 Å². The Morgan fingerprint density at radius 3 is 2.75 bits per heavy atom. The number of nitrogens with one attached hydrogen (secondary N) is 1. The fourth-order valence-corrected chi connectivity index (χ4v) is 2.89.